The fourth-order valence-electron chi connectivity index (χ4n) is 1.68. The number of benzene rings is 1. The molecule has 0 spiro atoms. The zero-order chi connectivity index (χ0) is 13.8. The second-order valence-corrected chi connectivity index (χ2v) is 4.35. The molecule has 0 fully saturated rings. The van der Waals surface area contributed by atoms with Crippen LogP contribution < -0.4 is 11.1 Å². The van der Waals surface area contributed by atoms with Gasteiger partial charge >= 0.3 is 0 Å². The molecule has 2 rings (SSSR count). The Morgan fingerprint density at radius 3 is 2.74 bits per heavy atom. The van der Waals surface area contributed by atoms with Crippen molar-refractivity contribution >= 4 is 28.8 Å². The van der Waals surface area contributed by atoms with Crippen LogP contribution in [0.2, 0.25) is 0 Å². The molecule has 6 heteroatoms. The van der Waals surface area contributed by atoms with Crippen molar-refractivity contribution in [2.75, 3.05) is 5.32 Å². The number of para-hydroxylation sites is 1. The topological polar surface area (TPSA) is 60.0 Å². The summed E-state index contributed by atoms with van der Waals surface area (Å²) in [4.78, 5) is 12.0. The van der Waals surface area contributed by atoms with Crippen LogP contribution in [-0.4, -0.2) is 15.5 Å². The summed E-state index contributed by atoms with van der Waals surface area (Å²) < 4.78 is 15.0. The van der Waals surface area contributed by atoms with Crippen LogP contribution in [0, 0.1) is 5.82 Å². The van der Waals surface area contributed by atoms with Crippen molar-refractivity contribution in [2.45, 2.75) is 6.54 Å². The van der Waals surface area contributed by atoms with Crippen molar-refractivity contribution in [1.29, 1.82) is 0 Å². The van der Waals surface area contributed by atoms with Crippen molar-refractivity contribution in [3.63, 3.8) is 0 Å². The Labute approximate surface area is 115 Å². The molecule has 1 amide bonds. The third-order valence-corrected chi connectivity index (χ3v) is 2.75. The van der Waals surface area contributed by atoms with E-state index in [9.17, 15) is 9.18 Å². The maximum Gasteiger partial charge on any atom is 0.244 e. The minimum Gasteiger partial charge on any atom is -0.388 e. The van der Waals surface area contributed by atoms with Crippen molar-refractivity contribution in [2.24, 2.45) is 5.73 Å². The number of hydrogen-bond acceptors (Lipinski definition) is 2. The van der Waals surface area contributed by atoms with Gasteiger partial charge in [-0.15, -0.1) is 0 Å². The van der Waals surface area contributed by atoms with Gasteiger partial charge < -0.3 is 15.6 Å². The summed E-state index contributed by atoms with van der Waals surface area (Å²) in [6.07, 6.45) is 1.69. The van der Waals surface area contributed by atoms with Crippen LogP contribution in [0.3, 0.4) is 0 Å². The zero-order valence-corrected chi connectivity index (χ0v) is 10.8. The van der Waals surface area contributed by atoms with E-state index in [-0.39, 0.29) is 23.1 Å². The van der Waals surface area contributed by atoms with Crippen LogP contribution >= 0.6 is 12.2 Å². The van der Waals surface area contributed by atoms with Crippen molar-refractivity contribution < 1.29 is 9.18 Å². The normalized spacial score (nSPS) is 10.2. The standard InChI is InChI=1S/C13H12FN3OS/c14-9-4-1-2-5-10(9)16-12(18)8-17-7-3-6-11(17)13(15)19/h1-7H,8H2,(H2,15,19)(H,16,18). The zero-order valence-electron chi connectivity index (χ0n) is 9.97. The summed E-state index contributed by atoms with van der Waals surface area (Å²) in [5.41, 5.74) is 6.28. The van der Waals surface area contributed by atoms with Crippen LogP contribution in [0.5, 0.6) is 0 Å². The predicted molar refractivity (Wildman–Crippen MR) is 75.3 cm³/mol. The molecule has 4 nitrogen and oxygen atoms in total. The summed E-state index contributed by atoms with van der Waals surface area (Å²) in [5, 5.41) is 2.50. The van der Waals surface area contributed by atoms with Crippen LogP contribution in [0.25, 0.3) is 0 Å². The van der Waals surface area contributed by atoms with Gasteiger partial charge in [0.1, 0.15) is 17.4 Å². The van der Waals surface area contributed by atoms with Crippen LogP contribution in [-0.2, 0) is 11.3 Å². The fraction of sp³-hybridized carbons (Fsp3) is 0.0769. The van der Waals surface area contributed by atoms with E-state index in [1.165, 1.54) is 12.1 Å². The van der Waals surface area contributed by atoms with Crippen molar-refractivity contribution in [3.05, 3.63) is 54.1 Å². The lowest BCUT2D eigenvalue weighted by Crippen LogP contribution is -2.23. The third kappa shape index (κ3) is 3.17. The van der Waals surface area contributed by atoms with Gasteiger partial charge in [0.2, 0.25) is 5.91 Å². The molecule has 1 aromatic heterocycles. The molecule has 3 N–H and O–H groups in total. The quantitative estimate of drug-likeness (QED) is 0.839. The van der Waals surface area contributed by atoms with Gasteiger partial charge in [-0.3, -0.25) is 4.79 Å². The van der Waals surface area contributed by atoms with E-state index < -0.39 is 5.82 Å². The summed E-state index contributed by atoms with van der Waals surface area (Å²) in [6, 6.07) is 9.45. The van der Waals surface area contributed by atoms with E-state index in [0.717, 1.165) is 0 Å². The molecule has 0 bridgehead atoms. The van der Waals surface area contributed by atoms with Gasteiger partial charge in [0, 0.05) is 6.20 Å². The van der Waals surface area contributed by atoms with Crippen molar-refractivity contribution in [3.8, 4) is 0 Å². The van der Waals surface area contributed by atoms with E-state index >= 15 is 0 Å². The Morgan fingerprint density at radius 2 is 2.05 bits per heavy atom. The number of carbonyl (C=O) groups excluding carboxylic acids is 1. The van der Waals surface area contributed by atoms with Gasteiger partial charge in [0.25, 0.3) is 0 Å². The SMILES string of the molecule is NC(=S)c1cccn1CC(=O)Nc1ccccc1F. The molecular formula is C13H12FN3OS. The minimum atomic E-state index is -0.474. The van der Waals surface area contributed by atoms with E-state index in [4.69, 9.17) is 18.0 Å². The molecule has 0 unspecified atom stereocenters. The number of rotatable bonds is 4. The average molecular weight is 277 g/mol. The third-order valence-electron chi connectivity index (χ3n) is 2.54. The van der Waals surface area contributed by atoms with Gasteiger partial charge in [0.05, 0.1) is 11.4 Å². The molecule has 0 radical (unpaired) electrons. The van der Waals surface area contributed by atoms with Crippen LogP contribution in [0.1, 0.15) is 5.69 Å². The van der Waals surface area contributed by atoms with Gasteiger partial charge in [-0.2, -0.15) is 0 Å². The minimum absolute atomic E-state index is 0.0218. The number of aromatic nitrogens is 1. The first kappa shape index (κ1) is 13.2. The molecule has 0 saturated heterocycles. The van der Waals surface area contributed by atoms with E-state index in [0.29, 0.717) is 5.69 Å². The van der Waals surface area contributed by atoms with Gasteiger partial charge in [0.15, 0.2) is 0 Å². The first-order valence-corrected chi connectivity index (χ1v) is 5.98. The number of amides is 1. The molecule has 0 atom stereocenters. The lowest BCUT2D eigenvalue weighted by Gasteiger charge is -2.09. The van der Waals surface area contributed by atoms with E-state index in [2.05, 4.69) is 5.32 Å². The van der Waals surface area contributed by atoms with E-state index in [1.54, 1.807) is 35.0 Å². The Balaban J connectivity index is 2.08. The molecule has 0 aliphatic heterocycles. The number of anilines is 1. The van der Waals surface area contributed by atoms with Crippen LogP contribution in [0.4, 0.5) is 10.1 Å². The molecule has 0 aliphatic rings. The molecule has 1 heterocycles. The number of nitrogens with two attached hydrogens (primary N) is 1. The molecule has 2 aromatic rings. The summed E-state index contributed by atoms with van der Waals surface area (Å²) in [5.74, 6) is -0.822. The van der Waals surface area contributed by atoms with Gasteiger partial charge in [-0.25, -0.2) is 4.39 Å². The maximum atomic E-state index is 13.4. The fourth-order valence-corrected chi connectivity index (χ4v) is 1.87. The number of hydrogen-bond donors (Lipinski definition) is 2. The highest BCUT2D eigenvalue weighted by Crippen LogP contribution is 2.12. The number of nitrogens with zero attached hydrogens (tertiary/aromatic N) is 1. The summed E-state index contributed by atoms with van der Waals surface area (Å²) in [7, 11) is 0. The van der Waals surface area contributed by atoms with Gasteiger partial charge in [-0.05, 0) is 24.3 Å². The molecule has 98 valence electrons. The largest absolute Gasteiger partial charge is 0.388 e. The molecule has 19 heavy (non-hydrogen) atoms. The number of thiocarbonyl (C=S) groups is 1. The average Bonchev–Trinajstić information content (AvgIpc) is 2.80. The van der Waals surface area contributed by atoms with E-state index in [1.807, 2.05) is 0 Å². The predicted octanol–water partition coefficient (Wildman–Crippen LogP) is 1.90. The number of halogens is 1. The number of carbonyl (C=O) groups is 1. The van der Waals surface area contributed by atoms with Gasteiger partial charge in [-0.1, -0.05) is 24.4 Å². The van der Waals surface area contributed by atoms with Crippen LogP contribution in [0.15, 0.2) is 42.6 Å². The second-order valence-electron chi connectivity index (χ2n) is 3.91. The monoisotopic (exact) mass is 277 g/mol. The molecular weight excluding hydrogens is 265 g/mol. The first-order valence-electron chi connectivity index (χ1n) is 5.57. The lowest BCUT2D eigenvalue weighted by atomic mass is 10.3. The summed E-state index contributed by atoms with van der Waals surface area (Å²) in [6.45, 7) is 0.0218. The molecule has 1 aromatic carbocycles. The number of nitrogens with one attached hydrogen (secondary N) is 1. The molecule has 0 aliphatic carbocycles. The lowest BCUT2D eigenvalue weighted by molar-refractivity contribution is -0.116. The Morgan fingerprint density at radius 1 is 1.32 bits per heavy atom. The maximum absolute atomic E-state index is 13.4. The Bertz CT molecular complexity index is 624. The highest BCUT2D eigenvalue weighted by Gasteiger charge is 2.10. The Kier molecular flexibility index (Phi) is 3.91. The highest BCUT2D eigenvalue weighted by atomic mass is 32.1. The Hall–Kier alpha value is -2.21. The van der Waals surface area contributed by atoms with Crippen molar-refractivity contribution in [1.82, 2.24) is 4.57 Å². The molecule has 0 saturated carbocycles. The highest BCUT2D eigenvalue weighted by molar-refractivity contribution is 7.80. The second kappa shape index (κ2) is 5.62. The smallest absolute Gasteiger partial charge is 0.244 e. The first-order chi connectivity index (χ1) is 9.08. The summed E-state index contributed by atoms with van der Waals surface area (Å²) >= 11 is 4.87.